The summed E-state index contributed by atoms with van der Waals surface area (Å²) in [7, 11) is 0. The van der Waals surface area contributed by atoms with Crippen LogP contribution in [0, 0.1) is 0 Å². The fraction of sp³-hybridized carbons (Fsp3) is 0.833. The zero-order chi connectivity index (χ0) is 25.5. The van der Waals surface area contributed by atoms with Crippen LogP contribution in [0.15, 0.2) is 0 Å². The van der Waals surface area contributed by atoms with Crippen molar-refractivity contribution in [2.45, 2.75) is 128 Å². The molecule has 0 aliphatic rings. The van der Waals surface area contributed by atoms with Gasteiger partial charge in [0, 0.05) is 30.7 Å². The molecule has 13 heteroatoms. The van der Waals surface area contributed by atoms with Crippen LogP contribution in [0.4, 0.5) is 0 Å². The van der Waals surface area contributed by atoms with Gasteiger partial charge in [0.2, 0.25) is 0 Å². The second-order valence-electron chi connectivity index (χ2n) is 8.51. The second-order valence-corrected chi connectivity index (χ2v) is 8.51. The second kappa shape index (κ2) is 34.4. The summed E-state index contributed by atoms with van der Waals surface area (Å²) in [5.74, 6) is -6.56. The van der Waals surface area contributed by atoms with Crippen LogP contribution in [-0.2, 0) is 24.7 Å². The van der Waals surface area contributed by atoms with Crippen molar-refractivity contribution in [3.05, 3.63) is 0 Å². The molecule has 0 saturated heterocycles. The largest absolute Gasteiger partial charge is 2.00 e. The number of rotatable bonds is 21. The molecule has 0 aromatic rings. The van der Waals surface area contributed by atoms with E-state index in [4.69, 9.17) is 10.2 Å². The van der Waals surface area contributed by atoms with E-state index in [9.17, 15) is 34.5 Å². The molecule has 0 amide bonds. The van der Waals surface area contributed by atoms with Crippen LogP contribution in [0.25, 0.3) is 0 Å². The van der Waals surface area contributed by atoms with Crippen LogP contribution in [0.1, 0.15) is 122 Å². The van der Waals surface area contributed by atoms with Crippen LogP contribution in [0.2, 0.25) is 0 Å². The molecule has 0 radical (unpaired) electrons. The van der Waals surface area contributed by atoms with Crippen LogP contribution >= 0.6 is 0 Å². The molecule has 0 spiro atoms. The smallest absolute Gasteiger partial charge is 2.00 e. The van der Waals surface area contributed by atoms with E-state index in [2.05, 4.69) is 6.92 Å². The Bertz CT molecular complexity index is 550. The van der Waals surface area contributed by atoms with E-state index in [0.717, 1.165) is 12.8 Å². The number of aliphatic hydroxyl groups is 1. The first kappa shape index (κ1) is 50.2. The molecule has 0 heterocycles. The molecule has 0 fully saturated rings. The normalized spacial score (nSPS) is 9.68. The molecule has 10 nitrogen and oxygen atoms in total. The Morgan fingerprint density at radius 1 is 0.595 bits per heavy atom. The predicted octanol–water partition coefficient (Wildman–Crippen LogP) is -2.80. The molecule has 202 valence electrons. The van der Waals surface area contributed by atoms with E-state index in [0.29, 0.717) is 0 Å². The number of unbranched alkanes of at least 4 members (excludes halogenated alkanes) is 14. The molecule has 0 aromatic carbocycles. The van der Waals surface area contributed by atoms with Gasteiger partial charge >= 0.3 is 81.6 Å². The summed E-state index contributed by atoms with van der Waals surface area (Å²) in [5.41, 5.74) is -2.86. The topological polar surface area (TPSA) is 206 Å². The Balaban J connectivity index is -0.000000125. The van der Waals surface area contributed by atoms with Crippen LogP contribution in [0.3, 0.4) is 0 Å². The molecule has 0 unspecified atom stereocenters. The molecule has 0 aliphatic heterocycles. The van der Waals surface area contributed by atoms with Gasteiger partial charge in [0.25, 0.3) is 0 Å². The van der Waals surface area contributed by atoms with Gasteiger partial charge in [-0.2, -0.15) is 0 Å². The molecule has 0 bridgehead atoms. The SMILES string of the molecule is CCCCCCCCCCCCCCCCCC(=O)[O-].O=C([O-])CC(O)(CC(=O)[O-])C(=O)O.[Mg+2].[Mg+2].[Na+].[O-2]. The maximum atomic E-state index is 10.3. The van der Waals surface area contributed by atoms with Crippen molar-refractivity contribution in [1.29, 1.82) is 0 Å². The number of carbonyl (C=O) groups is 4. The van der Waals surface area contributed by atoms with Crippen LogP contribution in [-0.4, -0.2) is 85.8 Å². The third kappa shape index (κ3) is 38.5. The molecule has 0 aliphatic carbocycles. The Labute approximate surface area is 275 Å². The van der Waals surface area contributed by atoms with E-state index >= 15 is 0 Å². The zero-order valence-electron chi connectivity index (χ0n) is 22.8. The molecular weight excluding hydrogens is 520 g/mol. The average molecular weight is 561 g/mol. The third-order valence-electron chi connectivity index (χ3n) is 5.26. The van der Waals surface area contributed by atoms with Gasteiger partial charge < -0.3 is 45.4 Å². The van der Waals surface area contributed by atoms with Crippen LogP contribution in [0.5, 0.6) is 0 Å². The van der Waals surface area contributed by atoms with Gasteiger partial charge in [0.15, 0.2) is 5.60 Å². The quantitative estimate of drug-likeness (QED) is 0.110. The first-order chi connectivity index (χ1) is 15.5. The molecule has 0 saturated carbocycles. The minimum atomic E-state index is -2.86. The molecule has 0 aromatic heterocycles. The number of hydrogen-bond donors (Lipinski definition) is 2. The van der Waals surface area contributed by atoms with Crippen molar-refractivity contribution in [2.75, 3.05) is 0 Å². The number of hydrogen-bond acceptors (Lipinski definition) is 8. The van der Waals surface area contributed by atoms with E-state index in [1.54, 1.807) is 0 Å². The minimum Gasteiger partial charge on any atom is -2.00 e. The van der Waals surface area contributed by atoms with Crippen molar-refractivity contribution in [1.82, 2.24) is 0 Å². The van der Waals surface area contributed by atoms with Crippen molar-refractivity contribution < 1.29 is 79.7 Å². The van der Waals surface area contributed by atoms with Gasteiger partial charge in [-0.05, 0) is 12.8 Å². The average Bonchev–Trinajstić information content (AvgIpc) is 2.70. The molecule has 0 atom stereocenters. The predicted molar refractivity (Wildman–Crippen MR) is 129 cm³/mol. The Kier molecular flexibility index (Phi) is 46.6. The van der Waals surface area contributed by atoms with E-state index in [1.165, 1.54) is 83.5 Å². The monoisotopic (exact) mass is 560 g/mol. The fourth-order valence-corrected chi connectivity index (χ4v) is 3.33. The van der Waals surface area contributed by atoms with Gasteiger partial charge in [-0.25, -0.2) is 4.79 Å². The molecule has 37 heavy (non-hydrogen) atoms. The number of carboxylic acids is 4. The van der Waals surface area contributed by atoms with Crippen LogP contribution < -0.4 is 44.9 Å². The van der Waals surface area contributed by atoms with E-state index in [1.807, 2.05) is 0 Å². The van der Waals surface area contributed by atoms with Crippen molar-refractivity contribution in [3.8, 4) is 0 Å². The van der Waals surface area contributed by atoms with Gasteiger partial charge in [-0.15, -0.1) is 0 Å². The Morgan fingerprint density at radius 3 is 1.08 bits per heavy atom. The molecular formula is C24H41Mg2NaO10. The summed E-state index contributed by atoms with van der Waals surface area (Å²) >= 11 is 0. The summed E-state index contributed by atoms with van der Waals surface area (Å²) in [4.78, 5) is 40.4. The van der Waals surface area contributed by atoms with Gasteiger partial charge in [-0.3, -0.25) is 0 Å². The maximum Gasteiger partial charge on any atom is 2.00 e. The third-order valence-corrected chi connectivity index (χ3v) is 5.26. The van der Waals surface area contributed by atoms with E-state index in [-0.39, 0.29) is 87.6 Å². The van der Waals surface area contributed by atoms with E-state index < -0.39 is 42.3 Å². The summed E-state index contributed by atoms with van der Waals surface area (Å²) in [5, 5.41) is 47.4. The number of aliphatic carboxylic acids is 4. The summed E-state index contributed by atoms with van der Waals surface area (Å²) in [6.07, 6.45) is 17.3. The maximum absolute atomic E-state index is 10.3. The Hall–Kier alpha value is 0.332. The van der Waals surface area contributed by atoms with Crippen molar-refractivity contribution in [2.24, 2.45) is 0 Å². The van der Waals surface area contributed by atoms with Crippen molar-refractivity contribution in [3.63, 3.8) is 0 Å². The summed E-state index contributed by atoms with van der Waals surface area (Å²) in [6, 6.07) is 0. The number of carboxylic acid groups (broad SMARTS) is 4. The first-order valence-corrected chi connectivity index (χ1v) is 12.1. The summed E-state index contributed by atoms with van der Waals surface area (Å²) < 4.78 is 0. The first-order valence-electron chi connectivity index (χ1n) is 12.1. The minimum absolute atomic E-state index is 0. The van der Waals surface area contributed by atoms with Gasteiger partial charge in [0.1, 0.15) is 0 Å². The Morgan fingerprint density at radius 2 is 0.865 bits per heavy atom. The fourth-order valence-electron chi connectivity index (χ4n) is 3.33. The standard InChI is InChI=1S/C18H36O2.C6H8O7.2Mg.Na.O/c1-2-3-4-5-6-7-8-9-10-11-12-13-14-15-16-17-18(19)20;7-3(8)1-6(13,5(11)12)2-4(9)10;;;;/h2-17H2,1H3,(H,19,20);13H,1-2H2,(H,7,8)(H,9,10)(H,11,12);;;;/q;;2*+2;+1;-2/p-3. The zero-order valence-corrected chi connectivity index (χ0v) is 27.6. The molecule has 2 N–H and O–H groups in total. The van der Waals surface area contributed by atoms with Gasteiger partial charge in [-0.1, -0.05) is 96.8 Å². The number of carbonyl (C=O) groups excluding carboxylic acids is 3. The summed E-state index contributed by atoms with van der Waals surface area (Å²) in [6.45, 7) is 2.27. The van der Waals surface area contributed by atoms with Crippen molar-refractivity contribution >= 4 is 70.0 Å². The molecule has 0 rings (SSSR count). The van der Waals surface area contributed by atoms with Gasteiger partial charge in [0.05, 0.1) is 0 Å².